The van der Waals surface area contributed by atoms with E-state index in [2.05, 4.69) is 5.10 Å². The third-order valence-corrected chi connectivity index (χ3v) is 4.77. The van der Waals surface area contributed by atoms with Crippen LogP contribution in [0.15, 0.2) is 18.2 Å². The molecule has 1 amide bonds. The average Bonchev–Trinajstić information content (AvgIpc) is 3.20. The molecule has 0 fully saturated rings. The maximum Gasteiger partial charge on any atom is 0.315 e. The van der Waals surface area contributed by atoms with Crippen LogP contribution in [-0.2, 0) is 34.5 Å². The molecule has 0 spiro atoms. The van der Waals surface area contributed by atoms with Gasteiger partial charge in [0.2, 0.25) is 12.7 Å². The van der Waals surface area contributed by atoms with Gasteiger partial charge in [-0.15, -0.1) is 0 Å². The van der Waals surface area contributed by atoms with E-state index in [4.69, 9.17) is 14.2 Å². The lowest BCUT2D eigenvalue weighted by molar-refractivity contribution is -0.149. The van der Waals surface area contributed by atoms with Crippen molar-refractivity contribution in [3.63, 3.8) is 0 Å². The molecule has 150 valence electrons. The lowest BCUT2D eigenvalue weighted by Crippen LogP contribution is -2.32. The monoisotopic (exact) mass is 387 g/mol. The van der Waals surface area contributed by atoms with Crippen molar-refractivity contribution in [2.24, 2.45) is 7.05 Å². The van der Waals surface area contributed by atoms with Gasteiger partial charge in [0.15, 0.2) is 11.5 Å². The SMILES string of the molecule is CCOC(=O)CC(=O)N(Cc1ccc2c(c1)OCO2)Cc1c(C)nn(C)c1C. The number of aryl methyl sites for hydroxylation is 2. The first kappa shape index (κ1) is 19.7. The Hall–Kier alpha value is -3.03. The number of benzene rings is 1. The van der Waals surface area contributed by atoms with E-state index >= 15 is 0 Å². The van der Waals surface area contributed by atoms with Crippen LogP contribution in [-0.4, -0.2) is 40.0 Å². The van der Waals surface area contributed by atoms with Crippen molar-refractivity contribution in [2.75, 3.05) is 13.4 Å². The quantitative estimate of drug-likeness (QED) is 0.535. The van der Waals surface area contributed by atoms with Crippen molar-refractivity contribution in [2.45, 2.75) is 40.3 Å². The summed E-state index contributed by atoms with van der Waals surface area (Å²) in [7, 11) is 1.87. The van der Waals surface area contributed by atoms with Crippen LogP contribution in [0.3, 0.4) is 0 Å². The van der Waals surface area contributed by atoms with E-state index in [-0.39, 0.29) is 25.7 Å². The zero-order valence-corrected chi connectivity index (χ0v) is 16.7. The van der Waals surface area contributed by atoms with Crippen molar-refractivity contribution in [3.8, 4) is 11.5 Å². The van der Waals surface area contributed by atoms with Crippen LogP contribution in [0, 0.1) is 13.8 Å². The van der Waals surface area contributed by atoms with Gasteiger partial charge in [0.05, 0.1) is 12.3 Å². The zero-order valence-electron chi connectivity index (χ0n) is 16.7. The molecule has 1 aliphatic rings. The molecule has 1 aromatic carbocycles. The summed E-state index contributed by atoms with van der Waals surface area (Å²) in [6.45, 7) is 6.73. The van der Waals surface area contributed by atoms with Gasteiger partial charge in [-0.05, 0) is 38.5 Å². The van der Waals surface area contributed by atoms with E-state index in [1.807, 2.05) is 39.1 Å². The molecule has 0 atom stereocenters. The molecule has 0 bridgehead atoms. The van der Waals surface area contributed by atoms with Crippen molar-refractivity contribution in [1.82, 2.24) is 14.7 Å². The van der Waals surface area contributed by atoms with Gasteiger partial charge in [-0.1, -0.05) is 6.07 Å². The Morgan fingerprint density at radius 1 is 1.21 bits per heavy atom. The lowest BCUT2D eigenvalue weighted by atomic mass is 10.1. The highest BCUT2D eigenvalue weighted by atomic mass is 16.7. The molecule has 3 rings (SSSR count). The predicted octanol–water partition coefficient (Wildman–Crippen LogP) is 2.25. The Labute approximate surface area is 164 Å². The predicted molar refractivity (Wildman–Crippen MR) is 101 cm³/mol. The van der Waals surface area contributed by atoms with E-state index in [9.17, 15) is 9.59 Å². The third kappa shape index (κ3) is 4.27. The van der Waals surface area contributed by atoms with Crippen LogP contribution >= 0.6 is 0 Å². The normalized spacial score (nSPS) is 12.1. The Kier molecular flexibility index (Phi) is 5.87. The van der Waals surface area contributed by atoms with Crippen molar-refractivity contribution in [1.29, 1.82) is 0 Å². The minimum absolute atomic E-state index is 0.193. The number of carbonyl (C=O) groups is 2. The van der Waals surface area contributed by atoms with Gasteiger partial charge in [-0.3, -0.25) is 14.3 Å². The highest BCUT2D eigenvalue weighted by molar-refractivity contribution is 5.94. The van der Waals surface area contributed by atoms with Gasteiger partial charge < -0.3 is 19.1 Å². The molecule has 1 aliphatic heterocycles. The molecule has 2 heterocycles. The van der Waals surface area contributed by atoms with Gasteiger partial charge in [0.25, 0.3) is 0 Å². The van der Waals surface area contributed by atoms with E-state index in [1.54, 1.807) is 16.5 Å². The fourth-order valence-electron chi connectivity index (χ4n) is 3.18. The topological polar surface area (TPSA) is 82.9 Å². The maximum absolute atomic E-state index is 12.8. The number of amides is 1. The number of aromatic nitrogens is 2. The van der Waals surface area contributed by atoms with E-state index < -0.39 is 5.97 Å². The molecular weight excluding hydrogens is 362 g/mol. The van der Waals surface area contributed by atoms with Gasteiger partial charge in [-0.2, -0.15) is 5.10 Å². The molecule has 0 unspecified atom stereocenters. The first-order valence-electron chi connectivity index (χ1n) is 9.20. The molecule has 0 saturated heterocycles. The smallest absolute Gasteiger partial charge is 0.315 e. The number of hydrogen-bond acceptors (Lipinski definition) is 6. The van der Waals surface area contributed by atoms with Crippen LogP contribution in [0.25, 0.3) is 0 Å². The minimum atomic E-state index is -0.525. The molecule has 0 aliphatic carbocycles. The summed E-state index contributed by atoms with van der Waals surface area (Å²) in [5, 5.41) is 4.42. The molecule has 1 aromatic heterocycles. The number of carbonyl (C=O) groups excluding carboxylic acids is 2. The third-order valence-electron chi connectivity index (χ3n) is 4.77. The maximum atomic E-state index is 12.8. The Morgan fingerprint density at radius 3 is 2.64 bits per heavy atom. The number of nitrogens with zero attached hydrogens (tertiary/aromatic N) is 3. The Morgan fingerprint density at radius 2 is 1.96 bits per heavy atom. The van der Waals surface area contributed by atoms with Gasteiger partial charge in [0, 0.05) is 31.4 Å². The number of esters is 1. The Balaban J connectivity index is 1.83. The summed E-state index contributed by atoms with van der Waals surface area (Å²) in [6.07, 6.45) is -0.295. The summed E-state index contributed by atoms with van der Waals surface area (Å²) in [4.78, 5) is 26.3. The van der Waals surface area contributed by atoms with Crippen LogP contribution < -0.4 is 9.47 Å². The average molecular weight is 387 g/mol. The second kappa shape index (κ2) is 8.33. The first-order valence-corrected chi connectivity index (χ1v) is 9.20. The summed E-state index contributed by atoms with van der Waals surface area (Å²) in [5.41, 5.74) is 3.71. The van der Waals surface area contributed by atoms with Crippen LogP contribution in [0.5, 0.6) is 11.5 Å². The van der Waals surface area contributed by atoms with Gasteiger partial charge in [0.1, 0.15) is 6.42 Å². The zero-order chi connectivity index (χ0) is 20.3. The van der Waals surface area contributed by atoms with Gasteiger partial charge >= 0.3 is 5.97 Å². The van der Waals surface area contributed by atoms with E-state index in [0.29, 0.717) is 24.6 Å². The highest BCUT2D eigenvalue weighted by Gasteiger charge is 2.23. The lowest BCUT2D eigenvalue weighted by Gasteiger charge is -2.23. The molecule has 0 saturated carbocycles. The largest absolute Gasteiger partial charge is 0.466 e. The van der Waals surface area contributed by atoms with Gasteiger partial charge in [-0.25, -0.2) is 0 Å². The summed E-state index contributed by atoms with van der Waals surface area (Å²) in [6, 6.07) is 5.57. The van der Waals surface area contributed by atoms with Crippen LogP contribution in [0.4, 0.5) is 0 Å². The molecule has 2 aromatic rings. The van der Waals surface area contributed by atoms with E-state index in [1.165, 1.54) is 0 Å². The summed E-state index contributed by atoms with van der Waals surface area (Å²) in [5.74, 6) is 0.526. The minimum Gasteiger partial charge on any atom is -0.466 e. The Bertz CT molecular complexity index is 890. The number of fused-ring (bicyclic) bond motifs is 1. The standard InChI is InChI=1S/C20H25N3O5/c1-5-26-20(25)9-19(24)23(11-16-13(2)21-22(4)14(16)3)10-15-6-7-17-18(8-15)28-12-27-17/h6-8H,5,9-12H2,1-4H3. The molecule has 28 heavy (non-hydrogen) atoms. The second-order valence-corrected chi connectivity index (χ2v) is 6.69. The fourth-order valence-corrected chi connectivity index (χ4v) is 3.18. The highest BCUT2D eigenvalue weighted by Crippen LogP contribution is 2.33. The number of rotatable bonds is 7. The first-order chi connectivity index (χ1) is 13.4. The molecule has 0 radical (unpaired) electrons. The summed E-state index contributed by atoms with van der Waals surface area (Å²) >= 11 is 0. The molecular formula is C20H25N3O5. The fraction of sp³-hybridized carbons (Fsp3) is 0.450. The van der Waals surface area contributed by atoms with Crippen molar-refractivity contribution in [3.05, 3.63) is 40.7 Å². The summed E-state index contributed by atoms with van der Waals surface area (Å²) < 4.78 is 17.5. The van der Waals surface area contributed by atoms with Crippen molar-refractivity contribution >= 4 is 11.9 Å². The second-order valence-electron chi connectivity index (χ2n) is 6.69. The molecule has 8 nitrogen and oxygen atoms in total. The van der Waals surface area contributed by atoms with Crippen LogP contribution in [0.1, 0.15) is 35.9 Å². The number of hydrogen-bond donors (Lipinski definition) is 0. The van der Waals surface area contributed by atoms with Crippen LogP contribution in [0.2, 0.25) is 0 Å². The van der Waals surface area contributed by atoms with E-state index in [0.717, 1.165) is 22.5 Å². The molecule has 8 heteroatoms. The number of ether oxygens (including phenoxy) is 3. The molecule has 0 N–H and O–H groups in total. The van der Waals surface area contributed by atoms with Crippen molar-refractivity contribution < 1.29 is 23.8 Å².